The van der Waals surface area contributed by atoms with Crippen LogP contribution in [0.4, 0.5) is 23.2 Å². The highest BCUT2D eigenvalue weighted by Gasteiger charge is 2.32. The number of anilines is 1. The number of benzene rings is 1. The van der Waals surface area contributed by atoms with E-state index in [1.165, 1.54) is 0 Å². The van der Waals surface area contributed by atoms with E-state index < -0.39 is 23.7 Å². The van der Waals surface area contributed by atoms with Crippen LogP contribution in [0.25, 0.3) is 0 Å². The Bertz CT molecular complexity index is 433. The number of β-amino-alcohol motifs (C(OH)–C–C–N with tert-alkyl or cyclic N) is 1. The molecule has 1 aromatic carbocycles. The van der Waals surface area contributed by atoms with Crippen LogP contribution in [0.15, 0.2) is 18.2 Å². The second-order valence-electron chi connectivity index (χ2n) is 4.41. The number of piperidine rings is 1. The van der Waals surface area contributed by atoms with Gasteiger partial charge in [-0.25, -0.2) is 4.39 Å². The maximum Gasteiger partial charge on any atom is 0.416 e. The molecule has 1 aliphatic heterocycles. The van der Waals surface area contributed by atoms with Crippen molar-refractivity contribution in [2.75, 3.05) is 18.0 Å². The van der Waals surface area contributed by atoms with Crippen molar-refractivity contribution in [3.05, 3.63) is 29.6 Å². The van der Waals surface area contributed by atoms with E-state index in [0.717, 1.165) is 12.1 Å². The summed E-state index contributed by atoms with van der Waals surface area (Å²) in [6.07, 6.45) is -3.76. The van der Waals surface area contributed by atoms with Gasteiger partial charge in [0.2, 0.25) is 0 Å². The summed E-state index contributed by atoms with van der Waals surface area (Å²) in [5.41, 5.74) is -0.886. The first-order valence-electron chi connectivity index (χ1n) is 5.67. The zero-order chi connectivity index (χ0) is 13.3. The molecule has 6 heteroatoms. The highest BCUT2D eigenvalue weighted by molar-refractivity contribution is 5.50. The molecule has 1 aromatic rings. The minimum atomic E-state index is -4.54. The molecule has 0 radical (unpaired) electrons. The van der Waals surface area contributed by atoms with Crippen LogP contribution in [0.3, 0.4) is 0 Å². The second-order valence-corrected chi connectivity index (χ2v) is 4.41. The maximum absolute atomic E-state index is 13.7. The summed E-state index contributed by atoms with van der Waals surface area (Å²) in [7, 11) is 0. The quantitative estimate of drug-likeness (QED) is 0.787. The molecule has 2 nitrogen and oxygen atoms in total. The number of alkyl halides is 3. The molecule has 1 aliphatic rings. The van der Waals surface area contributed by atoms with E-state index in [1.807, 2.05) is 0 Å². The third-order valence-electron chi connectivity index (χ3n) is 3.01. The normalized spacial score (nSPS) is 21.2. The predicted octanol–water partition coefficient (Wildman–Crippen LogP) is 2.81. The lowest BCUT2D eigenvalue weighted by Gasteiger charge is -2.32. The number of rotatable bonds is 1. The van der Waals surface area contributed by atoms with Crippen LogP contribution >= 0.6 is 0 Å². The van der Waals surface area contributed by atoms with Gasteiger partial charge in [0.1, 0.15) is 5.82 Å². The van der Waals surface area contributed by atoms with E-state index in [0.29, 0.717) is 25.5 Å². The Morgan fingerprint density at radius 1 is 1.28 bits per heavy atom. The Morgan fingerprint density at radius 2 is 2.00 bits per heavy atom. The van der Waals surface area contributed by atoms with Crippen molar-refractivity contribution in [1.82, 2.24) is 0 Å². The van der Waals surface area contributed by atoms with Gasteiger partial charge in [0.15, 0.2) is 0 Å². The largest absolute Gasteiger partial charge is 0.416 e. The smallest absolute Gasteiger partial charge is 0.391 e. The standard InChI is InChI=1S/C12H13F4NO/c13-10-6-8(12(14,15)16)3-4-11(10)17-5-1-2-9(18)7-17/h3-4,6,9,18H,1-2,5,7H2. The van der Waals surface area contributed by atoms with Crippen molar-refractivity contribution >= 4 is 5.69 Å². The van der Waals surface area contributed by atoms with Crippen molar-refractivity contribution < 1.29 is 22.7 Å². The van der Waals surface area contributed by atoms with Crippen LogP contribution in [0, 0.1) is 5.82 Å². The number of hydrogen-bond acceptors (Lipinski definition) is 2. The van der Waals surface area contributed by atoms with E-state index in [2.05, 4.69) is 0 Å². The molecular formula is C12H13F4NO. The van der Waals surface area contributed by atoms with Gasteiger partial charge < -0.3 is 10.0 Å². The van der Waals surface area contributed by atoms with Crippen LogP contribution < -0.4 is 4.90 Å². The Labute approximate surface area is 102 Å². The summed E-state index contributed by atoms with van der Waals surface area (Å²) in [5, 5.41) is 9.47. The minimum Gasteiger partial charge on any atom is -0.391 e. The summed E-state index contributed by atoms with van der Waals surface area (Å²) < 4.78 is 50.8. The number of halogens is 4. The summed E-state index contributed by atoms with van der Waals surface area (Å²) in [4.78, 5) is 1.57. The molecule has 1 unspecified atom stereocenters. The van der Waals surface area contributed by atoms with Crippen LogP contribution in [-0.2, 0) is 6.18 Å². The molecule has 0 aliphatic carbocycles. The molecule has 18 heavy (non-hydrogen) atoms. The Kier molecular flexibility index (Phi) is 3.47. The Morgan fingerprint density at radius 3 is 2.56 bits per heavy atom. The first kappa shape index (κ1) is 13.1. The monoisotopic (exact) mass is 263 g/mol. The zero-order valence-corrected chi connectivity index (χ0v) is 9.54. The van der Waals surface area contributed by atoms with Gasteiger partial charge in [-0.1, -0.05) is 0 Å². The Balaban J connectivity index is 2.24. The first-order valence-corrected chi connectivity index (χ1v) is 5.67. The predicted molar refractivity (Wildman–Crippen MR) is 58.9 cm³/mol. The lowest BCUT2D eigenvalue weighted by atomic mass is 10.1. The minimum absolute atomic E-state index is 0.113. The van der Waals surface area contributed by atoms with Gasteiger partial charge in [-0.15, -0.1) is 0 Å². The van der Waals surface area contributed by atoms with Crippen molar-refractivity contribution in [3.63, 3.8) is 0 Å². The van der Waals surface area contributed by atoms with Crippen LogP contribution in [0.1, 0.15) is 18.4 Å². The molecule has 2 rings (SSSR count). The molecule has 0 saturated carbocycles. The van der Waals surface area contributed by atoms with Gasteiger partial charge in [0, 0.05) is 13.1 Å². The summed E-state index contributed by atoms with van der Waals surface area (Å²) in [6.45, 7) is 0.793. The van der Waals surface area contributed by atoms with Gasteiger partial charge in [0.05, 0.1) is 17.4 Å². The van der Waals surface area contributed by atoms with E-state index >= 15 is 0 Å². The third-order valence-corrected chi connectivity index (χ3v) is 3.01. The molecule has 1 fully saturated rings. The molecule has 0 amide bonds. The highest BCUT2D eigenvalue weighted by Crippen LogP contribution is 2.32. The van der Waals surface area contributed by atoms with Gasteiger partial charge in [-0.2, -0.15) is 13.2 Å². The fourth-order valence-electron chi connectivity index (χ4n) is 2.11. The van der Waals surface area contributed by atoms with Gasteiger partial charge in [-0.05, 0) is 31.0 Å². The van der Waals surface area contributed by atoms with Gasteiger partial charge in [0.25, 0.3) is 0 Å². The number of hydrogen-bond donors (Lipinski definition) is 1. The average Bonchev–Trinajstić information content (AvgIpc) is 2.27. The molecule has 1 heterocycles. The van der Waals surface area contributed by atoms with Crippen LogP contribution in [0.2, 0.25) is 0 Å². The Hall–Kier alpha value is -1.30. The second kappa shape index (κ2) is 4.76. The summed E-state index contributed by atoms with van der Waals surface area (Å²) >= 11 is 0. The van der Waals surface area contributed by atoms with Crippen LogP contribution in [-0.4, -0.2) is 24.3 Å². The molecule has 0 aromatic heterocycles. The van der Waals surface area contributed by atoms with Crippen molar-refractivity contribution in [1.29, 1.82) is 0 Å². The third kappa shape index (κ3) is 2.75. The van der Waals surface area contributed by atoms with Crippen molar-refractivity contribution in [2.45, 2.75) is 25.1 Å². The SMILES string of the molecule is OC1CCCN(c2ccc(C(F)(F)F)cc2F)C1. The molecule has 0 bridgehead atoms. The molecular weight excluding hydrogens is 250 g/mol. The van der Waals surface area contributed by atoms with E-state index in [-0.39, 0.29) is 12.2 Å². The molecule has 1 atom stereocenters. The fraction of sp³-hybridized carbons (Fsp3) is 0.500. The van der Waals surface area contributed by atoms with Crippen LogP contribution in [0.5, 0.6) is 0 Å². The van der Waals surface area contributed by atoms with E-state index in [9.17, 15) is 22.7 Å². The van der Waals surface area contributed by atoms with Gasteiger partial charge >= 0.3 is 6.18 Å². The number of aliphatic hydroxyl groups excluding tert-OH is 1. The molecule has 0 spiro atoms. The lowest BCUT2D eigenvalue weighted by molar-refractivity contribution is -0.137. The van der Waals surface area contributed by atoms with Gasteiger partial charge in [-0.3, -0.25) is 0 Å². The zero-order valence-electron chi connectivity index (χ0n) is 9.54. The summed E-state index contributed by atoms with van der Waals surface area (Å²) in [6, 6.07) is 2.48. The number of aliphatic hydroxyl groups is 1. The maximum atomic E-state index is 13.7. The molecule has 1 N–H and O–H groups in total. The lowest BCUT2D eigenvalue weighted by Crippen LogP contribution is -2.38. The summed E-state index contributed by atoms with van der Waals surface area (Å²) in [5.74, 6) is -0.904. The van der Waals surface area contributed by atoms with Crippen molar-refractivity contribution in [2.24, 2.45) is 0 Å². The van der Waals surface area contributed by atoms with Crippen molar-refractivity contribution in [3.8, 4) is 0 Å². The first-order chi connectivity index (χ1) is 8.38. The fourth-order valence-corrected chi connectivity index (χ4v) is 2.11. The average molecular weight is 263 g/mol. The van der Waals surface area contributed by atoms with E-state index in [4.69, 9.17) is 0 Å². The highest BCUT2D eigenvalue weighted by atomic mass is 19.4. The van der Waals surface area contributed by atoms with E-state index in [1.54, 1.807) is 4.90 Å². The molecule has 100 valence electrons. The topological polar surface area (TPSA) is 23.5 Å². The number of nitrogens with zero attached hydrogens (tertiary/aromatic N) is 1. The molecule has 1 saturated heterocycles.